The molecule has 0 fully saturated rings. The van der Waals surface area contributed by atoms with Gasteiger partial charge in [0.25, 0.3) is 0 Å². The second-order valence-electron chi connectivity index (χ2n) is 2.51. The molecule has 0 spiro atoms. The van der Waals surface area contributed by atoms with E-state index in [1.54, 1.807) is 14.2 Å². The van der Waals surface area contributed by atoms with E-state index in [9.17, 15) is 4.39 Å². The highest BCUT2D eigenvalue weighted by atomic mass is 19.1. The fraction of sp³-hybridized carbons (Fsp3) is 0.571. The van der Waals surface area contributed by atoms with E-state index in [4.69, 9.17) is 10.5 Å². The van der Waals surface area contributed by atoms with E-state index >= 15 is 0 Å². The maximum Gasteiger partial charge on any atom is 0.188 e. The molecule has 0 bridgehead atoms. The monoisotopic (exact) mass is 173 g/mol. The lowest BCUT2D eigenvalue weighted by atomic mass is 10.3. The van der Waals surface area contributed by atoms with E-state index in [0.717, 1.165) is 0 Å². The molecule has 0 atom stereocenters. The fourth-order valence-electron chi connectivity index (χ4n) is 0.927. The van der Waals surface area contributed by atoms with Crippen molar-refractivity contribution in [2.24, 2.45) is 7.05 Å². The number of hydrogen-bond donors (Lipinski definition) is 1. The molecule has 0 amide bonds. The average molecular weight is 173 g/mol. The molecule has 1 rings (SSSR count). The molecule has 4 nitrogen and oxygen atoms in total. The summed E-state index contributed by atoms with van der Waals surface area (Å²) in [5.74, 6) is -0.365. The van der Waals surface area contributed by atoms with Gasteiger partial charge in [0.05, 0.1) is 6.61 Å². The van der Waals surface area contributed by atoms with Crippen LogP contribution in [0.2, 0.25) is 0 Å². The molecule has 0 aliphatic rings. The second kappa shape index (κ2) is 3.53. The fourth-order valence-corrected chi connectivity index (χ4v) is 0.927. The summed E-state index contributed by atoms with van der Waals surface area (Å²) in [7, 11) is 3.17. The largest absolute Gasteiger partial charge is 0.384 e. The van der Waals surface area contributed by atoms with Crippen LogP contribution in [0, 0.1) is 5.82 Å². The first kappa shape index (κ1) is 8.99. The van der Waals surface area contributed by atoms with Crippen LogP contribution in [0.25, 0.3) is 0 Å². The number of nitrogen functional groups attached to an aromatic ring is 1. The predicted molar refractivity (Wildman–Crippen MR) is 43.2 cm³/mol. The Balaban J connectivity index is 2.79. The Kier molecular flexibility index (Phi) is 2.65. The van der Waals surface area contributed by atoms with Gasteiger partial charge < -0.3 is 10.5 Å². The predicted octanol–water partition coefficient (Wildman–Crippen LogP) is 0.330. The zero-order valence-corrected chi connectivity index (χ0v) is 7.17. The van der Waals surface area contributed by atoms with Gasteiger partial charge in [0.1, 0.15) is 5.69 Å². The van der Waals surface area contributed by atoms with Crippen molar-refractivity contribution < 1.29 is 9.13 Å². The highest BCUT2D eigenvalue weighted by molar-refractivity contribution is 5.33. The van der Waals surface area contributed by atoms with E-state index in [1.807, 2.05) is 0 Å². The smallest absolute Gasteiger partial charge is 0.188 e. The molecule has 0 radical (unpaired) electrons. The van der Waals surface area contributed by atoms with Crippen LogP contribution in [0.1, 0.15) is 5.69 Å². The van der Waals surface area contributed by atoms with Gasteiger partial charge in [-0.05, 0) is 0 Å². The third kappa shape index (κ3) is 1.55. The molecule has 1 heterocycles. The summed E-state index contributed by atoms with van der Waals surface area (Å²) >= 11 is 0. The van der Waals surface area contributed by atoms with Crippen LogP contribution >= 0.6 is 0 Å². The first-order valence-electron chi connectivity index (χ1n) is 3.62. The second-order valence-corrected chi connectivity index (χ2v) is 2.51. The van der Waals surface area contributed by atoms with Gasteiger partial charge in [-0.1, -0.05) is 0 Å². The van der Waals surface area contributed by atoms with Crippen LogP contribution in [-0.2, 0) is 18.2 Å². The number of aryl methyl sites for hydroxylation is 1. The van der Waals surface area contributed by atoms with Crippen molar-refractivity contribution in [1.29, 1.82) is 0 Å². The zero-order chi connectivity index (χ0) is 9.14. The normalized spacial score (nSPS) is 10.6. The molecule has 1 aromatic heterocycles. The third-order valence-electron chi connectivity index (χ3n) is 1.64. The Hall–Kier alpha value is -1.10. The van der Waals surface area contributed by atoms with Gasteiger partial charge in [-0.25, -0.2) is 4.39 Å². The van der Waals surface area contributed by atoms with Gasteiger partial charge in [0, 0.05) is 20.6 Å². The molecule has 5 heteroatoms. The van der Waals surface area contributed by atoms with Crippen molar-refractivity contribution in [3.8, 4) is 0 Å². The summed E-state index contributed by atoms with van der Waals surface area (Å²) in [5, 5.41) is 3.88. The van der Waals surface area contributed by atoms with Crippen molar-refractivity contribution in [3.05, 3.63) is 11.5 Å². The molecule has 68 valence electrons. The van der Waals surface area contributed by atoms with Gasteiger partial charge >= 0.3 is 0 Å². The first-order chi connectivity index (χ1) is 5.66. The van der Waals surface area contributed by atoms with Crippen LogP contribution in [0.5, 0.6) is 0 Å². The van der Waals surface area contributed by atoms with Gasteiger partial charge in [0.15, 0.2) is 11.6 Å². The summed E-state index contributed by atoms with van der Waals surface area (Å²) in [6.07, 6.45) is 0.452. The van der Waals surface area contributed by atoms with E-state index in [0.29, 0.717) is 18.7 Å². The quantitative estimate of drug-likeness (QED) is 0.716. The maximum absolute atomic E-state index is 13.1. The maximum atomic E-state index is 13.1. The molecule has 0 aromatic carbocycles. The number of methoxy groups -OCH3 is 1. The molecule has 0 aliphatic heterocycles. The van der Waals surface area contributed by atoms with Gasteiger partial charge in [-0.3, -0.25) is 4.68 Å². The van der Waals surface area contributed by atoms with Crippen molar-refractivity contribution in [3.63, 3.8) is 0 Å². The van der Waals surface area contributed by atoms with E-state index in [1.165, 1.54) is 4.68 Å². The third-order valence-corrected chi connectivity index (χ3v) is 1.64. The highest BCUT2D eigenvalue weighted by Crippen LogP contribution is 2.13. The van der Waals surface area contributed by atoms with Crippen molar-refractivity contribution in [2.45, 2.75) is 6.42 Å². The lowest BCUT2D eigenvalue weighted by Gasteiger charge is -1.93. The van der Waals surface area contributed by atoms with Crippen LogP contribution in [-0.4, -0.2) is 23.5 Å². The van der Waals surface area contributed by atoms with Crippen LogP contribution in [0.15, 0.2) is 0 Å². The Labute approximate surface area is 70.1 Å². The van der Waals surface area contributed by atoms with Crippen molar-refractivity contribution >= 4 is 5.82 Å². The number of nitrogens with zero attached hydrogens (tertiary/aromatic N) is 2. The molecule has 2 N–H and O–H groups in total. The molecular formula is C7H12FN3O. The number of rotatable bonds is 3. The number of nitrogens with two attached hydrogens (primary N) is 1. The summed E-state index contributed by atoms with van der Waals surface area (Å²) < 4.78 is 19.2. The van der Waals surface area contributed by atoms with Crippen molar-refractivity contribution in [1.82, 2.24) is 9.78 Å². The highest BCUT2D eigenvalue weighted by Gasteiger charge is 2.12. The molecule has 12 heavy (non-hydrogen) atoms. The standard InChI is InChI=1S/C7H12FN3O/c1-11-7(9)6(8)5(10-11)3-4-12-2/h3-4,9H2,1-2H3. The Morgan fingerprint density at radius 3 is 2.75 bits per heavy atom. The summed E-state index contributed by atoms with van der Waals surface area (Å²) in [6, 6.07) is 0. The molecule has 0 unspecified atom stereocenters. The van der Waals surface area contributed by atoms with E-state index in [-0.39, 0.29) is 5.82 Å². The average Bonchev–Trinajstić information content (AvgIpc) is 2.30. The molecule has 0 aliphatic carbocycles. The minimum absolute atomic E-state index is 0.0705. The Morgan fingerprint density at radius 1 is 1.67 bits per heavy atom. The number of halogens is 1. The van der Waals surface area contributed by atoms with Crippen molar-refractivity contribution in [2.75, 3.05) is 19.5 Å². The molecule has 0 saturated carbocycles. The van der Waals surface area contributed by atoms with Gasteiger partial charge in [-0.15, -0.1) is 0 Å². The zero-order valence-electron chi connectivity index (χ0n) is 7.17. The number of hydrogen-bond acceptors (Lipinski definition) is 3. The lowest BCUT2D eigenvalue weighted by molar-refractivity contribution is 0.200. The molecule has 1 aromatic rings. The Bertz CT molecular complexity index is 272. The van der Waals surface area contributed by atoms with Crippen LogP contribution < -0.4 is 5.73 Å². The summed E-state index contributed by atoms with van der Waals surface area (Å²) in [5.41, 5.74) is 5.72. The number of aromatic nitrogens is 2. The SMILES string of the molecule is COCCc1nn(C)c(N)c1F. The van der Waals surface area contributed by atoms with Crippen LogP contribution in [0.4, 0.5) is 10.2 Å². The van der Waals surface area contributed by atoms with Gasteiger partial charge in [0.2, 0.25) is 0 Å². The minimum atomic E-state index is -0.436. The van der Waals surface area contributed by atoms with Gasteiger partial charge in [-0.2, -0.15) is 5.10 Å². The molecule has 0 saturated heterocycles. The minimum Gasteiger partial charge on any atom is -0.384 e. The molecular weight excluding hydrogens is 161 g/mol. The van der Waals surface area contributed by atoms with E-state index < -0.39 is 5.82 Å². The first-order valence-corrected chi connectivity index (χ1v) is 3.62. The van der Waals surface area contributed by atoms with E-state index in [2.05, 4.69) is 5.10 Å². The Morgan fingerprint density at radius 2 is 2.33 bits per heavy atom. The topological polar surface area (TPSA) is 53.1 Å². The number of anilines is 1. The summed E-state index contributed by atoms with van der Waals surface area (Å²) in [4.78, 5) is 0. The lowest BCUT2D eigenvalue weighted by Crippen LogP contribution is -1.98. The number of ether oxygens (including phenoxy) is 1. The van der Waals surface area contributed by atoms with Crippen LogP contribution in [0.3, 0.4) is 0 Å². The summed E-state index contributed by atoms with van der Waals surface area (Å²) in [6.45, 7) is 0.452.